The van der Waals surface area contributed by atoms with Crippen molar-refractivity contribution >= 4 is 17.8 Å². The molecule has 0 saturated carbocycles. The Kier molecular flexibility index (Phi) is 8.36. The molecule has 1 unspecified atom stereocenters. The first-order chi connectivity index (χ1) is 9.68. The van der Waals surface area contributed by atoms with E-state index in [0.29, 0.717) is 0 Å². The monoisotopic (exact) mass is 314 g/mol. The van der Waals surface area contributed by atoms with Crippen LogP contribution in [0.5, 0.6) is 0 Å². The molecule has 0 aliphatic carbocycles. The largest absolute Gasteiger partial charge is 0.490 e. The third kappa shape index (κ3) is 8.84. The van der Waals surface area contributed by atoms with Gasteiger partial charge in [-0.3, -0.25) is 9.59 Å². The van der Waals surface area contributed by atoms with Gasteiger partial charge in [0.1, 0.15) is 6.54 Å². The van der Waals surface area contributed by atoms with Crippen LogP contribution < -0.4 is 10.6 Å². The predicted octanol–water partition coefficient (Wildman–Crippen LogP) is 0.0510. The fraction of sp³-hybridized carbons (Fsp3) is 0.727. The number of carbonyl (C=O) groups is 3. The first-order valence-electron chi connectivity index (χ1n) is 6.15. The summed E-state index contributed by atoms with van der Waals surface area (Å²) >= 11 is 0. The molecule has 10 heteroatoms. The van der Waals surface area contributed by atoms with E-state index in [1.807, 2.05) is 0 Å². The van der Waals surface area contributed by atoms with Crippen molar-refractivity contribution in [3.63, 3.8) is 0 Å². The highest BCUT2D eigenvalue weighted by molar-refractivity contribution is 5.85. The number of aliphatic carboxylic acids is 1. The zero-order valence-electron chi connectivity index (χ0n) is 11.3. The Morgan fingerprint density at radius 2 is 2.00 bits per heavy atom. The van der Waals surface area contributed by atoms with E-state index in [1.165, 1.54) is 6.92 Å². The quantitative estimate of drug-likeness (QED) is 0.633. The number of carbonyl (C=O) groups excluding carboxylic acids is 2. The highest BCUT2D eigenvalue weighted by Gasteiger charge is 2.40. The summed E-state index contributed by atoms with van der Waals surface area (Å²) in [6.45, 7) is 1.60. The van der Waals surface area contributed by atoms with Crippen LogP contribution in [-0.4, -0.2) is 54.9 Å². The second kappa shape index (κ2) is 9.16. The van der Waals surface area contributed by atoms with Crippen LogP contribution in [0.15, 0.2) is 0 Å². The van der Waals surface area contributed by atoms with Crippen molar-refractivity contribution in [2.75, 3.05) is 19.7 Å². The van der Waals surface area contributed by atoms with E-state index in [-0.39, 0.29) is 25.1 Å². The lowest BCUT2D eigenvalue weighted by Crippen LogP contribution is -2.42. The van der Waals surface area contributed by atoms with Crippen molar-refractivity contribution in [2.45, 2.75) is 32.0 Å². The topological polar surface area (TPSA) is 105 Å². The van der Waals surface area contributed by atoms with Gasteiger partial charge in [0.2, 0.25) is 5.91 Å². The van der Waals surface area contributed by atoms with Crippen LogP contribution in [0.3, 0.4) is 0 Å². The second-order valence-electron chi connectivity index (χ2n) is 3.98. The minimum atomic E-state index is -4.85. The Labute approximate surface area is 118 Å². The van der Waals surface area contributed by atoms with Gasteiger partial charge in [-0.2, -0.15) is 13.2 Å². The van der Waals surface area contributed by atoms with Gasteiger partial charge in [-0.1, -0.05) is 0 Å². The van der Waals surface area contributed by atoms with E-state index >= 15 is 0 Å². The lowest BCUT2D eigenvalue weighted by molar-refractivity contribution is -0.199. The standard InChI is InChI=1S/C7H12N2O3.C4H5F3O2/c10-6(11)4-9-7(12)5-2-1-3-8-5;1-2-9-3(8)4(5,6)7/h5,8H,1-4H2,(H,9,12)(H,10,11);2H2,1H3. The Balaban J connectivity index is 0.000000400. The van der Waals surface area contributed by atoms with Crippen LogP contribution in [0, 0.1) is 0 Å². The van der Waals surface area contributed by atoms with E-state index in [4.69, 9.17) is 5.11 Å². The van der Waals surface area contributed by atoms with Gasteiger partial charge in [0.15, 0.2) is 0 Å². The van der Waals surface area contributed by atoms with Crippen molar-refractivity contribution in [3.8, 4) is 0 Å². The minimum Gasteiger partial charge on any atom is -0.480 e. The molecule has 1 saturated heterocycles. The molecule has 1 rings (SSSR count). The van der Waals surface area contributed by atoms with E-state index in [2.05, 4.69) is 15.4 Å². The molecular weight excluding hydrogens is 297 g/mol. The van der Waals surface area contributed by atoms with Crippen LogP contribution in [0.25, 0.3) is 0 Å². The summed E-state index contributed by atoms with van der Waals surface area (Å²) < 4.78 is 37.1. The van der Waals surface area contributed by atoms with Crippen molar-refractivity contribution in [1.29, 1.82) is 0 Å². The first kappa shape index (κ1) is 19.2. The number of ether oxygens (including phenoxy) is 1. The SMILES string of the molecule is CCOC(=O)C(F)(F)F.O=C(O)CNC(=O)C1CCCN1. The fourth-order valence-corrected chi connectivity index (χ4v) is 1.41. The lowest BCUT2D eigenvalue weighted by atomic mass is 10.2. The zero-order chi connectivity index (χ0) is 16.5. The molecule has 7 nitrogen and oxygen atoms in total. The molecule has 1 atom stereocenters. The minimum absolute atomic E-state index is 0.190. The van der Waals surface area contributed by atoms with E-state index in [0.717, 1.165) is 19.4 Å². The van der Waals surface area contributed by atoms with Gasteiger partial charge in [-0.05, 0) is 26.3 Å². The summed E-state index contributed by atoms with van der Waals surface area (Å²) in [4.78, 5) is 30.9. The molecule has 0 spiro atoms. The van der Waals surface area contributed by atoms with Crippen molar-refractivity contribution in [1.82, 2.24) is 10.6 Å². The Hall–Kier alpha value is -1.84. The van der Waals surface area contributed by atoms with Gasteiger partial charge >= 0.3 is 18.1 Å². The number of nitrogens with one attached hydrogen (secondary N) is 2. The van der Waals surface area contributed by atoms with E-state index < -0.39 is 18.1 Å². The summed E-state index contributed by atoms with van der Waals surface area (Å²) in [5.74, 6) is -3.36. The summed E-state index contributed by atoms with van der Waals surface area (Å²) in [6.07, 6.45) is -3.08. The fourth-order valence-electron chi connectivity index (χ4n) is 1.41. The maximum Gasteiger partial charge on any atom is 0.490 e. The Morgan fingerprint density at radius 3 is 2.33 bits per heavy atom. The van der Waals surface area contributed by atoms with Crippen LogP contribution in [0.1, 0.15) is 19.8 Å². The number of halogens is 3. The van der Waals surface area contributed by atoms with Crippen LogP contribution >= 0.6 is 0 Å². The molecule has 1 amide bonds. The Bertz CT molecular complexity index is 367. The molecular formula is C11H17F3N2O5. The number of hydrogen-bond donors (Lipinski definition) is 3. The normalized spacial score (nSPS) is 17.4. The summed E-state index contributed by atoms with van der Waals surface area (Å²) in [6, 6.07) is -0.190. The maximum atomic E-state index is 11.2. The average molecular weight is 314 g/mol. The molecule has 21 heavy (non-hydrogen) atoms. The highest BCUT2D eigenvalue weighted by Crippen LogP contribution is 2.15. The van der Waals surface area contributed by atoms with Gasteiger partial charge in [0.05, 0.1) is 12.6 Å². The first-order valence-corrected chi connectivity index (χ1v) is 6.15. The second-order valence-corrected chi connectivity index (χ2v) is 3.98. The molecule has 1 fully saturated rings. The van der Waals surface area contributed by atoms with Crippen molar-refractivity contribution in [2.24, 2.45) is 0 Å². The van der Waals surface area contributed by atoms with Crippen LogP contribution in [-0.2, 0) is 19.1 Å². The van der Waals surface area contributed by atoms with E-state index in [1.54, 1.807) is 0 Å². The van der Waals surface area contributed by atoms with Crippen molar-refractivity contribution < 1.29 is 37.4 Å². The molecule has 1 aliphatic rings. The number of carboxylic acid groups (broad SMARTS) is 1. The number of amides is 1. The van der Waals surface area contributed by atoms with Crippen LogP contribution in [0.2, 0.25) is 0 Å². The van der Waals surface area contributed by atoms with Gasteiger partial charge < -0.3 is 20.5 Å². The zero-order valence-corrected chi connectivity index (χ0v) is 11.3. The van der Waals surface area contributed by atoms with Gasteiger partial charge in [0, 0.05) is 0 Å². The lowest BCUT2D eigenvalue weighted by Gasteiger charge is -2.08. The summed E-state index contributed by atoms with van der Waals surface area (Å²) in [5.41, 5.74) is 0. The van der Waals surface area contributed by atoms with E-state index in [9.17, 15) is 27.6 Å². The number of esters is 1. The van der Waals surface area contributed by atoms with Gasteiger partial charge in [-0.25, -0.2) is 4.79 Å². The maximum absolute atomic E-state index is 11.2. The number of rotatable bonds is 4. The molecule has 1 heterocycles. The molecule has 0 aromatic carbocycles. The van der Waals surface area contributed by atoms with Crippen molar-refractivity contribution in [3.05, 3.63) is 0 Å². The summed E-state index contributed by atoms with van der Waals surface area (Å²) in [5, 5.41) is 13.6. The smallest absolute Gasteiger partial charge is 0.480 e. The third-order valence-corrected chi connectivity index (χ3v) is 2.30. The highest BCUT2D eigenvalue weighted by atomic mass is 19.4. The molecule has 0 aromatic heterocycles. The number of carboxylic acids is 1. The predicted molar refractivity (Wildman–Crippen MR) is 64.4 cm³/mol. The van der Waals surface area contributed by atoms with Crippen LogP contribution in [0.4, 0.5) is 13.2 Å². The molecule has 1 aliphatic heterocycles. The molecule has 0 radical (unpaired) electrons. The summed E-state index contributed by atoms with van der Waals surface area (Å²) in [7, 11) is 0. The number of hydrogen-bond acceptors (Lipinski definition) is 5. The third-order valence-electron chi connectivity index (χ3n) is 2.30. The Morgan fingerprint density at radius 1 is 1.38 bits per heavy atom. The molecule has 3 N–H and O–H groups in total. The molecule has 0 aromatic rings. The average Bonchev–Trinajstić information content (AvgIpc) is 2.89. The van der Waals surface area contributed by atoms with Gasteiger partial charge in [0.25, 0.3) is 0 Å². The number of alkyl halides is 3. The van der Waals surface area contributed by atoms with Gasteiger partial charge in [-0.15, -0.1) is 0 Å². The molecule has 122 valence electrons. The molecule has 0 bridgehead atoms.